The molecule has 3 nitrogen and oxygen atoms in total. The highest BCUT2D eigenvalue weighted by Crippen LogP contribution is 2.23. The second-order valence-electron chi connectivity index (χ2n) is 6.17. The van der Waals surface area contributed by atoms with Gasteiger partial charge in [0.1, 0.15) is 0 Å². The molecular formula is C17H24ClNO2. The second-order valence-corrected chi connectivity index (χ2v) is 6.60. The van der Waals surface area contributed by atoms with E-state index in [1.54, 1.807) is 0 Å². The monoisotopic (exact) mass is 309 g/mol. The first kappa shape index (κ1) is 16.3. The maximum atomic E-state index is 12.1. The Bertz CT molecular complexity index is 478. The van der Waals surface area contributed by atoms with E-state index in [-0.39, 0.29) is 17.9 Å². The zero-order valence-corrected chi connectivity index (χ0v) is 13.3. The second kappa shape index (κ2) is 7.81. The highest BCUT2D eigenvalue weighted by atomic mass is 35.5. The van der Waals surface area contributed by atoms with E-state index in [2.05, 4.69) is 5.32 Å². The summed E-state index contributed by atoms with van der Waals surface area (Å²) in [7, 11) is 0. The van der Waals surface area contributed by atoms with Crippen molar-refractivity contribution in [1.82, 2.24) is 5.32 Å². The van der Waals surface area contributed by atoms with Gasteiger partial charge in [-0.25, -0.2) is 0 Å². The van der Waals surface area contributed by atoms with Gasteiger partial charge in [0.25, 0.3) is 0 Å². The third-order valence-electron chi connectivity index (χ3n) is 4.20. The summed E-state index contributed by atoms with van der Waals surface area (Å²) in [5.41, 5.74) is 1.08. The summed E-state index contributed by atoms with van der Waals surface area (Å²) in [4.78, 5) is 12.1. The number of hydrogen-bond donors (Lipinski definition) is 2. The van der Waals surface area contributed by atoms with Crippen LogP contribution in [0, 0.1) is 11.8 Å². The predicted molar refractivity (Wildman–Crippen MR) is 85.3 cm³/mol. The SMILES string of the molecule is CC(Cc1cccc(Cl)c1)C(=O)NCC1CCCC(O)C1. The van der Waals surface area contributed by atoms with Gasteiger partial charge in [0, 0.05) is 17.5 Å². The molecule has 0 spiro atoms. The Balaban J connectivity index is 1.77. The lowest BCUT2D eigenvalue weighted by Gasteiger charge is -2.26. The van der Waals surface area contributed by atoms with E-state index in [4.69, 9.17) is 11.6 Å². The molecule has 3 unspecified atom stereocenters. The summed E-state index contributed by atoms with van der Waals surface area (Å²) in [6, 6.07) is 7.64. The zero-order valence-electron chi connectivity index (χ0n) is 12.5. The molecule has 116 valence electrons. The van der Waals surface area contributed by atoms with E-state index in [0.29, 0.717) is 23.9 Å². The lowest BCUT2D eigenvalue weighted by molar-refractivity contribution is -0.124. The van der Waals surface area contributed by atoms with Gasteiger partial charge < -0.3 is 10.4 Å². The van der Waals surface area contributed by atoms with Crippen LogP contribution in [0.25, 0.3) is 0 Å². The van der Waals surface area contributed by atoms with Crippen LogP contribution >= 0.6 is 11.6 Å². The lowest BCUT2D eigenvalue weighted by atomic mass is 9.87. The lowest BCUT2D eigenvalue weighted by Crippen LogP contribution is -2.36. The van der Waals surface area contributed by atoms with Gasteiger partial charge in [-0.3, -0.25) is 4.79 Å². The van der Waals surface area contributed by atoms with Crippen LogP contribution in [-0.2, 0) is 11.2 Å². The van der Waals surface area contributed by atoms with Crippen LogP contribution in [0.4, 0.5) is 0 Å². The molecule has 2 rings (SSSR count). The van der Waals surface area contributed by atoms with E-state index < -0.39 is 0 Å². The van der Waals surface area contributed by atoms with Gasteiger partial charge >= 0.3 is 0 Å². The largest absolute Gasteiger partial charge is 0.393 e. The Kier molecular flexibility index (Phi) is 6.07. The molecular weight excluding hydrogens is 286 g/mol. The molecule has 1 aromatic rings. The molecule has 21 heavy (non-hydrogen) atoms. The van der Waals surface area contributed by atoms with Crippen molar-refractivity contribution in [2.45, 2.75) is 45.1 Å². The minimum absolute atomic E-state index is 0.0722. The van der Waals surface area contributed by atoms with Crippen LogP contribution in [0.2, 0.25) is 5.02 Å². The van der Waals surface area contributed by atoms with Gasteiger partial charge in [0.2, 0.25) is 5.91 Å². The van der Waals surface area contributed by atoms with E-state index in [0.717, 1.165) is 31.2 Å². The maximum absolute atomic E-state index is 12.1. The predicted octanol–water partition coefficient (Wildman–Crippen LogP) is 3.19. The number of nitrogens with one attached hydrogen (secondary N) is 1. The number of hydrogen-bond acceptors (Lipinski definition) is 2. The average molecular weight is 310 g/mol. The molecule has 1 aliphatic carbocycles. The first-order valence-corrected chi connectivity index (χ1v) is 8.12. The number of rotatable bonds is 5. The summed E-state index contributed by atoms with van der Waals surface area (Å²) < 4.78 is 0. The summed E-state index contributed by atoms with van der Waals surface area (Å²) in [5, 5.41) is 13.4. The highest BCUT2D eigenvalue weighted by molar-refractivity contribution is 6.30. The van der Waals surface area contributed by atoms with Crippen molar-refractivity contribution in [3.05, 3.63) is 34.9 Å². The van der Waals surface area contributed by atoms with Crippen molar-refractivity contribution in [3.63, 3.8) is 0 Å². The molecule has 1 fully saturated rings. The number of halogens is 1. The molecule has 1 saturated carbocycles. The number of aliphatic hydroxyl groups excluding tert-OH is 1. The first-order chi connectivity index (χ1) is 10.0. The maximum Gasteiger partial charge on any atom is 0.223 e. The van der Waals surface area contributed by atoms with Gasteiger partial charge in [-0.1, -0.05) is 37.1 Å². The number of benzene rings is 1. The van der Waals surface area contributed by atoms with Crippen molar-refractivity contribution >= 4 is 17.5 Å². The van der Waals surface area contributed by atoms with E-state index in [9.17, 15) is 9.90 Å². The molecule has 4 heteroatoms. The van der Waals surface area contributed by atoms with E-state index in [1.165, 1.54) is 0 Å². The summed E-state index contributed by atoms with van der Waals surface area (Å²) in [6.07, 6.45) is 4.36. The Hall–Kier alpha value is -1.06. The van der Waals surface area contributed by atoms with Crippen molar-refractivity contribution in [3.8, 4) is 0 Å². The van der Waals surface area contributed by atoms with Gasteiger partial charge in [-0.15, -0.1) is 0 Å². The van der Waals surface area contributed by atoms with E-state index >= 15 is 0 Å². The molecule has 3 atom stereocenters. The highest BCUT2D eigenvalue weighted by Gasteiger charge is 2.21. The van der Waals surface area contributed by atoms with Crippen LogP contribution in [0.3, 0.4) is 0 Å². The van der Waals surface area contributed by atoms with Crippen LogP contribution in [0.5, 0.6) is 0 Å². The summed E-state index contributed by atoms with van der Waals surface area (Å²) in [5.74, 6) is 0.420. The quantitative estimate of drug-likeness (QED) is 0.877. The minimum Gasteiger partial charge on any atom is -0.393 e. The fourth-order valence-corrected chi connectivity index (χ4v) is 3.19. The molecule has 0 aliphatic heterocycles. The molecule has 0 radical (unpaired) electrons. The van der Waals surface area contributed by atoms with Crippen molar-refractivity contribution < 1.29 is 9.90 Å². The fourth-order valence-electron chi connectivity index (χ4n) is 2.98. The number of aliphatic hydroxyl groups is 1. The molecule has 0 heterocycles. The van der Waals surface area contributed by atoms with Gasteiger partial charge in [-0.2, -0.15) is 0 Å². The fraction of sp³-hybridized carbons (Fsp3) is 0.588. The summed E-state index contributed by atoms with van der Waals surface area (Å²) >= 11 is 5.96. The average Bonchev–Trinajstić information content (AvgIpc) is 2.45. The molecule has 2 N–H and O–H groups in total. The summed E-state index contributed by atoms with van der Waals surface area (Å²) in [6.45, 7) is 2.61. The molecule has 0 aromatic heterocycles. The third-order valence-corrected chi connectivity index (χ3v) is 4.43. The van der Waals surface area contributed by atoms with Crippen molar-refractivity contribution in [1.29, 1.82) is 0 Å². The molecule has 1 aliphatic rings. The van der Waals surface area contributed by atoms with Gasteiger partial charge in [0.15, 0.2) is 0 Å². The molecule has 1 amide bonds. The van der Waals surface area contributed by atoms with Gasteiger partial charge in [-0.05, 0) is 49.3 Å². The Morgan fingerprint density at radius 3 is 3.00 bits per heavy atom. The van der Waals surface area contributed by atoms with Crippen LogP contribution < -0.4 is 5.32 Å². The third kappa shape index (κ3) is 5.33. The molecule has 0 bridgehead atoms. The number of carbonyl (C=O) groups is 1. The van der Waals surface area contributed by atoms with Crippen molar-refractivity contribution in [2.75, 3.05) is 6.54 Å². The standard InChI is InChI=1S/C17H24ClNO2/c1-12(8-13-4-2-6-15(18)9-13)17(21)19-11-14-5-3-7-16(20)10-14/h2,4,6,9,12,14,16,20H,3,5,7-8,10-11H2,1H3,(H,19,21). The molecule has 0 saturated heterocycles. The normalized spacial score (nSPS) is 23.6. The number of amides is 1. The smallest absolute Gasteiger partial charge is 0.223 e. The van der Waals surface area contributed by atoms with E-state index in [1.807, 2.05) is 31.2 Å². The molecule has 1 aromatic carbocycles. The van der Waals surface area contributed by atoms with Crippen LogP contribution in [0.1, 0.15) is 38.2 Å². The first-order valence-electron chi connectivity index (χ1n) is 7.75. The Morgan fingerprint density at radius 1 is 1.48 bits per heavy atom. The Morgan fingerprint density at radius 2 is 2.29 bits per heavy atom. The van der Waals surface area contributed by atoms with Crippen LogP contribution in [-0.4, -0.2) is 23.7 Å². The van der Waals surface area contributed by atoms with Gasteiger partial charge in [0.05, 0.1) is 6.10 Å². The zero-order chi connectivity index (χ0) is 15.2. The van der Waals surface area contributed by atoms with Crippen molar-refractivity contribution in [2.24, 2.45) is 11.8 Å². The number of carbonyl (C=O) groups excluding carboxylic acids is 1. The topological polar surface area (TPSA) is 49.3 Å². The Labute approximate surface area is 131 Å². The minimum atomic E-state index is -0.190. The van der Waals surface area contributed by atoms with Crippen LogP contribution in [0.15, 0.2) is 24.3 Å².